The van der Waals surface area contributed by atoms with E-state index in [-0.39, 0.29) is 19.0 Å². The number of hydrogen-bond acceptors (Lipinski definition) is 5. The highest BCUT2D eigenvalue weighted by atomic mass is 35.5. The fourth-order valence-corrected chi connectivity index (χ4v) is 5.73. The number of ether oxygens (including phenoxy) is 1. The molecule has 0 unspecified atom stereocenters. The van der Waals surface area contributed by atoms with Gasteiger partial charge in [-0.25, -0.2) is 9.97 Å². The molecule has 0 N–H and O–H groups in total. The van der Waals surface area contributed by atoms with Gasteiger partial charge in [-0.2, -0.15) is 0 Å². The maximum Gasteiger partial charge on any atom is 0.311 e. The first kappa shape index (κ1) is 21.2. The summed E-state index contributed by atoms with van der Waals surface area (Å²) in [6.07, 6.45) is 3.20. The van der Waals surface area contributed by atoms with Crippen molar-refractivity contribution in [1.29, 1.82) is 0 Å². The third-order valence-corrected chi connectivity index (χ3v) is 7.28. The van der Waals surface area contributed by atoms with Crippen LogP contribution in [0, 0.1) is 6.92 Å². The van der Waals surface area contributed by atoms with Crippen LogP contribution in [0.15, 0.2) is 36.4 Å². The molecule has 32 heavy (non-hydrogen) atoms. The highest BCUT2D eigenvalue weighted by molar-refractivity contribution is 7.15. The quantitative estimate of drug-likeness (QED) is 0.332. The summed E-state index contributed by atoms with van der Waals surface area (Å²) in [6, 6.07) is 11.9. The largest absolute Gasteiger partial charge is 0.461 e. The van der Waals surface area contributed by atoms with Gasteiger partial charge in [-0.1, -0.05) is 30.7 Å². The molecule has 7 heteroatoms. The van der Waals surface area contributed by atoms with E-state index < -0.39 is 0 Å². The van der Waals surface area contributed by atoms with Gasteiger partial charge in [0.15, 0.2) is 0 Å². The lowest BCUT2D eigenvalue weighted by Gasteiger charge is -2.06. The molecule has 5 rings (SSSR count). The summed E-state index contributed by atoms with van der Waals surface area (Å²) in [5.74, 6) is 0.910. The molecule has 0 saturated heterocycles. The summed E-state index contributed by atoms with van der Waals surface area (Å²) >= 11 is 7.64. The second-order valence-corrected chi connectivity index (χ2v) is 9.67. The van der Waals surface area contributed by atoms with Crippen molar-refractivity contribution in [2.24, 2.45) is 0 Å². The third-order valence-electron chi connectivity index (χ3n) is 5.91. The van der Waals surface area contributed by atoms with Gasteiger partial charge in [-0.05, 0) is 55.2 Å². The Morgan fingerprint density at radius 2 is 2.09 bits per heavy atom. The van der Waals surface area contributed by atoms with Crippen LogP contribution in [0.4, 0.5) is 0 Å². The SMILES string of the molecule is CCc1nc(-c2ccc(Cl)cc2C)sc1CC(=O)OCc1ccc2c(c1)nc1n2CCC1. The van der Waals surface area contributed by atoms with Crippen molar-refractivity contribution in [2.75, 3.05) is 0 Å². The number of carbonyl (C=O) groups excluding carboxylic acids is 1. The Bertz CT molecular complexity index is 1320. The van der Waals surface area contributed by atoms with Crippen LogP contribution in [0.1, 0.15) is 40.9 Å². The van der Waals surface area contributed by atoms with E-state index in [2.05, 4.69) is 17.6 Å². The minimum absolute atomic E-state index is 0.231. The zero-order chi connectivity index (χ0) is 22.2. The van der Waals surface area contributed by atoms with Crippen molar-refractivity contribution in [3.05, 3.63) is 68.9 Å². The molecule has 0 bridgehead atoms. The molecule has 4 aromatic rings. The molecule has 164 valence electrons. The first-order valence-corrected chi connectivity index (χ1v) is 12.1. The van der Waals surface area contributed by atoms with Crippen LogP contribution in [0.5, 0.6) is 0 Å². The molecule has 1 aliphatic heterocycles. The number of aromatic nitrogens is 3. The predicted molar refractivity (Wildman–Crippen MR) is 128 cm³/mol. The fraction of sp³-hybridized carbons (Fsp3) is 0.320. The Morgan fingerprint density at radius 1 is 1.22 bits per heavy atom. The number of thiazole rings is 1. The standard InChI is InChI=1S/C25H24ClN3O2S/c1-3-19-22(32-25(28-19)18-8-7-17(26)11-15(18)2)13-24(30)31-14-16-6-9-21-20(12-16)27-23-5-4-10-29(21)23/h6-9,11-12H,3-5,10,13-14H2,1-2H3. The predicted octanol–water partition coefficient (Wildman–Crippen LogP) is 5.92. The molecule has 2 aromatic heterocycles. The number of rotatable bonds is 6. The maximum atomic E-state index is 12.6. The summed E-state index contributed by atoms with van der Waals surface area (Å²) in [5.41, 5.74) is 6.17. The van der Waals surface area contributed by atoms with Gasteiger partial charge in [0, 0.05) is 28.4 Å². The molecule has 3 heterocycles. The summed E-state index contributed by atoms with van der Waals surface area (Å²) in [5, 5.41) is 1.62. The number of halogens is 1. The van der Waals surface area contributed by atoms with Crippen molar-refractivity contribution in [3.8, 4) is 10.6 Å². The Balaban J connectivity index is 1.28. The second-order valence-electron chi connectivity index (χ2n) is 8.15. The number of benzene rings is 2. The Kier molecular flexibility index (Phi) is 5.74. The van der Waals surface area contributed by atoms with Crippen molar-refractivity contribution in [3.63, 3.8) is 0 Å². The van der Waals surface area contributed by atoms with Crippen LogP contribution in [-0.2, 0) is 41.9 Å². The van der Waals surface area contributed by atoms with Gasteiger partial charge < -0.3 is 9.30 Å². The minimum Gasteiger partial charge on any atom is -0.461 e. The average molecular weight is 466 g/mol. The molecule has 0 fully saturated rings. The van der Waals surface area contributed by atoms with Crippen LogP contribution in [0.3, 0.4) is 0 Å². The van der Waals surface area contributed by atoms with Crippen LogP contribution < -0.4 is 0 Å². The zero-order valence-electron chi connectivity index (χ0n) is 18.2. The first-order chi connectivity index (χ1) is 15.5. The summed E-state index contributed by atoms with van der Waals surface area (Å²) < 4.78 is 7.88. The molecule has 0 radical (unpaired) electrons. The van der Waals surface area contributed by atoms with Gasteiger partial charge in [0.1, 0.15) is 17.4 Å². The molecule has 5 nitrogen and oxygen atoms in total. The molecule has 0 aliphatic carbocycles. The number of imidazole rings is 1. The molecular weight excluding hydrogens is 442 g/mol. The van der Waals surface area contributed by atoms with Gasteiger partial charge in [0.05, 0.1) is 23.1 Å². The lowest BCUT2D eigenvalue weighted by atomic mass is 10.1. The molecule has 0 spiro atoms. The molecule has 0 saturated carbocycles. The average Bonchev–Trinajstić information content (AvgIpc) is 3.46. The fourth-order valence-electron chi connectivity index (χ4n) is 4.28. The number of aryl methyl sites for hydroxylation is 4. The van der Waals surface area contributed by atoms with Crippen LogP contribution in [0.25, 0.3) is 21.6 Å². The summed E-state index contributed by atoms with van der Waals surface area (Å²) in [6.45, 7) is 5.36. The van der Waals surface area contributed by atoms with Gasteiger partial charge in [0.25, 0.3) is 0 Å². The van der Waals surface area contributed by atoms with Gasteiger partial charge in [-0.3, -0.25) is 4.79 Å². The van der Waals surface area contributed by atoms with E-state index in [4.69, 9.17) is 26.3 Å². The molecule has 2 aromatic carbocycles. The molecule has 0 atom stereocenters. The second kappa shape index (κ2) is 8.68. The van der Waals surface area contributed by atoms with Gasteiger partial charge in [0.2, 0.25) is 0 Å². The topological polar surface area (TPSA) is 57.0 Å². The van der Waals surface area contributed by atoms with Crippen LogP contribution in [-0.4, -0.2) is 20.5 Å². The van der Waals surface area contributed by atoms with E-state index in [0.29, 0.717) is 5.02 Å². The first-order valence-electron chi connectivity index (χ1n) is 10.9. The van der Waals surface area contributed by atoms with E-state index in [1.54, 1.807) is 11.3 Å². The van der Waals surface area contributed by atoms with E-state index in [1.165, 1.54) is 0 Å². The van der Waals surface area contributed by atoms with E-state index in [9.17, 15) is 4.79 Å². The number of carbonyl (C=O) groups is 1. The smallest absolute Gasteiger partial charge is 0.311 e. The van der Waals surface area contributed by atoms with Crippen molar-refractivity contribution in [1.82, 2.24) is 14.5 Å². The molecule has 0 amide bonds. The highest BCUT2D eigenvalue weighted by Gasteiger charge is 2.18. The number of esters is 1. The van der Waals surface area contributed by atoms with E-state index >= 15 is 0 Å². The van der Waals surface area contributed by atoms with Crippen molar-refractivity contribution in [2.45, 2.75) is 52.7 Å². The van der Waals surface area contributed by atoms with E-state index in [1.807, 2.05) is 37.3 Å². The Labute approximate surface area is 196 Å². The molecular formula is C25H24ClN3O2S. The zero-order valence-corrected chi connectivity index (χ0v) is 19.7. The van der Waals surface area contributed by atoms with Crippen LogP contribution >= 0.6 is 22.9 Å². The minimum atomic E-state index is -0.241. The van der Waals surface area contributed by atoms with Gasteiger partial charge in [-0.15, -0.1) is 11.3 Å². The van der Waals surface area contributed by atoms with Gasteiger partial charge >= 0.3 is 5.97 Å². The summed E-state index contributed by atoms with van der Waals surface area (Å²) in [7, 11) is 0. The number of nitrogens with zero attached hydrogens (tertiary/aromatic N) is 3. The maximum absolute atomic E-state index is 12.6. The Morgan fingerprint density at radius 3 is 2.91 bits per heavy atom. The van der Waals surface area contributed by atoms with E-state index in [0.717, 1.165) is 74.9 Å². The lowest BCUT2D eigenvalue weighted by molar-refractivity contribution is -0.144. The highest BCUT2D eigenvalue weighted by Crippen LogP contribution is 2.32. The third kappa shape index (κ3) is 4.05. The monoisotopic (exact) mass is 465 g/mol. The Hall–Kier alpha value is -2.70. The summed E-state index contributed by atoms with van der Waals surface area (Å²) in [4.78, 5) is 23.1. The van der Waals surface area contributed by atoms with Crippen molar-refractivity contribution < 1.29 is 9.53 Å². The number of hydrogen-bond donors (Lipinski definition) is 0. The molecule has 1 aliphatic rings. The lowest BCUT2D eigenvalue weighted by Crippen LogP contribution is -2.08. The van der Waals surface area contributed by atoms with Crippen molar-refractivity contribution >= 4 is 39.9 Å². The normalized spacial score (nSPS) is 13.0. The number of fused-ring (bicyclic) bond motifs is 3. The van der Waals surface area contributed by atoms with Crippen LogP contribution in [0.2, 0.25) is 5.02 Å².